The van der Waals surface area contributed by atoms with E-state index < -0.39 is 11.2 Å². The number of hydrogen-bond donors (Lipinski definition) is 2. The minimum atomic E-state index is -0.496. The van der Waals surface area contributed by atoms with E-state index in [1.807, 2.05) is 24.3 Å². The van der Waals surface area contributed by atoms with Gasteiger partial charge in [0.1, 0.15) is 0 Å². The van der Waals surface area contributed by atoms with Gasteiger partial charge < -0.3 is 10.6 Å². The Morgan fingerprint density at radius 2 is 1.91 bits per heavy atom. The van der Waals surface area contributed by atoms with E-state index in [0.717, 1.165) is 10.6 Å². The van der Waals surface area contributed by atoms with Crippen molar-refractivity contribution >= 4 is 46.6 Å². The standard InChI is InChI=1S/C17H15ClN2O2S/c1-10(16(21)19-12-7-3-2-6-11(12)18)15-17(22)20-13-8-4-5-9-14(13)23-15/h2-10,15H,1H3,(H,19,21)(H,20,22). The Labute approximate surface area is 143 Å². The number of halogens is 1. The van der Waals surface area contributed by atoms with Crippen LogP contribution in [-0.2, 0) is 9.59 Å². The van der Waals surface area contributed by atoms with Crippen molar-refractivity contribution in [2.75, 3.05) is 10.6 Å². The van der Waals surface area contributed by atoms with Crippen LogP contribution in [0.15, 0.2) is 53.4 Å². The zero-order chi connectivity index (χ0) is 16.4. The fourth-order valence-electron chi connectivity index (χ4n) is 2.34. The number of carbonyl (C=O) groups is 2. The summed E-state index contributed by atoms with van der Waals surface area (Å²) in [4.78, 5) is 25.7. The number of rotatable bonds is 3. The lowest BCUT2D eigenvalue weighted by Crippen LogP contribution is -2.39. The lowest BCUT2D eigenvalue weighted by atomic mass is 10.1. The molecule has 6 heteroatoms. The number of anilines is 2. The molecule has 0 saturated carbocycles. The molecule has 23 heavy (non-hydrogen) atoms. The third-order valence-corrected chi connectivity index (χ3v) is 5.47. The topological polar surface area (TPSA) is 58.2 Å². The van der Waals surface area contributed by atoms with Crippen molar-refractivity contribution in [3.05, 3.63) is 53.6 Å². The predicted octanol–water partition coefficient (Wildman–Crippen LogP) is 4.03. The number of para-hydroxylation sites is 2. The van der Waals surface area contributed by atoms with E-state index in [0.29, 0.717) is 10.7 Å². The highest BCUT2D eigenvalue weighted by molar-refractivity contribution is 8.01. The highest BCUT2D eigenvalue weighted by atomic mass is 35.5. The molecule has 1 aliphatic heterocycles. The van der Waals surface area contributed by atoms with Crippen molar-refractivity contribution in [2.45, 2.75) is 17.1 Å². The van der Waals surface area contributed by atoms with Gasteiger partial charge in [-0.05, 0) is 24.3 Å². The molecule has 2 aromatic rings. The molecule has 0 radical (unpaired) electrons. The molecule has 118 valence electrons. The fraction of sp³-hybridized carbons (Fsp3) is 0.176. The predicted molar refractivity (Wildman–Crippen MR) is 94.0 cm³/mol. The van der Waals surface area contributed by atoms with Crippen molar-refractivity contribution in [2.24, 2.45) is 5.92 Å². The largest absolute Gasteiger partial charge is 0.324 e. The first kappa shape index (κ1) is 15.9. The minimum absolute atomic E-state index is 0.157. The van der Waals surface area contributed by atoms with E-state index in [-0.39, 0.29) is 11.8 Å². The minimum Gasteiger partial charge on any atom is -0.324 e. The maximum atomic E-state index is 12.5. The normalized spacial score (nSPS) is 17.8. The Hall–Kier alpha value is -1.98. The Kier molecular flexibility index (Phi) is 4.59. The quantitative estimate of drug-likeness (QED) is 0.882. The van der Waals surface area contributed by atoms with Gasteiger partial charge in [0, 0.05) is 4.90 Å². The van der Waals surface area contributed by atoms with Crippen LogP contribution in [0.3, 0.4) is 0 Å². The SMILES string of the molecule is CC(C(=O)Nc1ccccc1Cl)C1Sc2ccccc2NC1=O. The number of nitrogens with one attached hydrogen (secondary N) is 2. The van der Waals surface area contributed by atoms with E-state index in [1.54, 1.807) is 31.2 Å². The third kappa shape index (κ3) is 3.35. The summed E-state index contributed by atoms with van der Waals surface area (Å²) >= 11 is 7.47. The summed E-state index contributed by atoms with van der Waals surface area (Å²) in [5, 5.41) is 5.63. The van der Waals surface area contributed by atoms with E-state index in [2.05, 4.69) is 10.6 Å². The van der Waals surface area contributed by atoms with E-state index in [4.69, 9.17) is 11.6 Å². The van der Waals surface area contributed by atoms with Crippen LogP contribution in [0.2, 0.25) is 5.02 Å². The van der Waals surface area contributed by atoms with Crippen LogP contribution in [0.25, 0.3) is 0 Å². The molecule has 0 saturated heterocycles. The maximum absolute atomic E-state index is 12.5. The van der Waals surface area contributed by atoms with Crippen molar-refractivity contribution in [3.63, 3.8) is 0 Å². The Morgan fingerprint density at radius 1 is 1.22 bits per heavy atom. The molecule has 1 aliphatic rings. The van der Waals surface area contributed by atoms with E-state index in [1.165, 1.54) is 11.8 Å². The Bertz CT molecular complexity index is 766. The number of fused-ring (bicyclic) bond motifs is 1. The number of hydrogen-bond acceptors (Lipinski definition) is 3. The van der Waals surface area contributed by atoms with Gasteiger partial charge in [0.25, 0.3) is 0 Å². The molecule has 2 amide bonds. The summed E-state index contributed by atoms with van der Waals surface area (Å²) in [5.41, 5.74) is 1.34. The zero-order valence-electron chi connectivity index (χ0n) is 12.4. The van der Waals surface area contributed by atoms with Gasteiger partial charge in [0.05, 0.1) is 27.6 Å². The van der Waals surface area contributed by atoms with Crippen molar-refractivity contribution in [1.29, 1.82) is 0 Å². The summed E-state index contributed by atoms with van der Waals surface area (Å²) in [6, 6.07) is 14.6. The van der Waals surface area contributed by atoms with Gasteiger partial charge in [-0.2, -0.15) is 0 Å². The molecule has 2 N–H and O–H groups in total. The van der Waals surface area contributed by atoms with Crippen LogP contribution in [0.1, 0.15) is 6.92 Å². The number of amides is 2. The molecular formula is C17H15ClN2O2S. The first-order valence-corrected chi connectivity index (χ1v) is 8.44. The summed E-state index contributed by atoms with van der Waals surface area (Å²) in [6.07, 6.45) is 0. The molecular weight excluding hydrogens is 332 g/mol. The maximum Gasteiger partial charge on any atom is 0.238 e. The van der Waals surface area contributed by atoms with E-state index in [9.17, 15) is 9.59 Å². The van der Waals surface area contributed by atoms with Gasteiger partial charge >= 0.3 is 0 Å². The van der Waals surface area contributed by atoms with Crippen molar-refractivity contribution in [3.8, 4) is 0 Å². The number of thioether (sulfide) groups is 1. The monoisotopic (exact) mass is 346 g/mol. The molecule has 0 aromatic heterocycles. The van der Waals surface area contributed by atoms with Crippen LogP contribution in [0.4, 0.5) is 11.4 Å². The molecule has 4 nitrogen and oxygen atoms in total. The second-order valence-electron chi connectivity index (χ2n) is 5.28. The molecule has 0 fully saturated rings. The Balaban J connectivity index is 1.75. The van der Waals surface area contributed by atoms with Crippen LogP contribution < -0.4 is 10.6 Å². The van der Waals surface area contributed by atoms with Crippen LogP contribution >= 0.6 is 23.4 Å². The molecule has 2 atom stereocenters. The van der Waals surface area contributed by atoms with Gasteiger partial charge in [-0.1, -0.05) is 42.8 Å². The number of benzene rings is 2. The molecule has 0 spiro atoms. The van der Waals surface area contributed by atoms with Crippen LogP contribution in [0.5, 0.6) is 0 Å². The van der Waals surface area contributed by atoms with Crippen molar-refractivity contribution in [1.82, 2.24) is 0 Å². The zero-order valence-corrected chi connectivity index (χ0v) is 13.9. The third-order valence-electron chi connectivity index (χ3n) is 3.66. The lowest BCUT2D eigenvalue weighted by molar-refractivity contribution is -0.123. The highest BCUT2D eigenvalue weighted by Gasteiger charge is 2.35. The van der Waals surface area contributed by atoms with Gasteiger partial charge in [-0.3, -0.25) is 9.59 Å². The molecule has 2 aromatic carbocycles. The van der Waals surface area contributed by atoms with Gasteiger partial charge in [-0.15, -0.1) is 11.8 Å². The van der Waals surface area contributed by atoms with Gasteiger partial charge in [-0.25, -0.2) is 0 Å². The van der Waals surface area contributed by atoms with E-state index >= 15 is 0 Å². The fourth-order valence-corrected chi connectivity index (χ4v) is 3.70. The molecule has 0 bridgehead atoms. The average molecular weight is 347 g/mol. The van der Waals surface area contributed by atoms with Crippen LogP contribution in [-0.4, -0.2) is 17.1 Å². The summed E-state index contributed by atoms with van der Waals surface area (Å²) in [7, 11) is 0. The summed E-state index contributed by atoms with van der Waals surface area (Å²) in [6.45, 7) is 1.75. The molecule has 0 aliphatic carbocycles. The lowest BCUT2D eigenvalue weighted by Gasteiger charge is -2.27. The molecule has 2 unspecified atom stereocenters. The first-order chi connectivity index (χ1) is 11.1. The second-order valence-corrected chi connectivity index (χ2v) is 6.87. The second kappa shape index (κ2) is 6.64. The molecule has 1 heterocycles. The summed E-state index contributed by atoms with van der Waals surface area (Å²) < 4.78 is 0. The number of carbonyl (C=O) groups excluding carboxylic acids is 2. The Morgan fingerprint density at radius 3 is 2.70 bits per heavy atom. The van der Waals surface area contributed by atoms with Crippen LogP contribution in [0, 0.1) is 5.92 Å². The first-order valence-electron chi connectivity index (χ1n) is 7.18. The molecule has 3 rings (SSSR count). The average Bonchev–Trinajstić information content (AvgIpc) is 2.55. The smallest absolute Gasteiger partial charge is 0.238 e. The van der Waals surface area contributed by atoms with Gasteiger partial charge in [0.2, 0.25) is 11.8 Å². The highest BCUT2D eigenvalue weighted by Crippen LogP contribution is 2.38. The van der Waals surface area contributed by atoms with Gasteiger partial charge in [0.15, 0.2) is 0 Å². The summed E-state index contributed by atoms with van der Waals surface area (Å²) in [5.74, 6) is -0.884. The van der Waals surface area contributed by atoms with Crippen molar-refractivity contribution < 1.29 is 9.59 Å².